The zero-order valence-electron chi connectivity index (χ0n) is 8.81. The van der Waals surface area contributed by atoms with E-state index in [0.29, 0.717) is 0 Å². The lowest BCUT2D eigenvalue weighted by Crippen LogP contribution is -2.10. The third kappa shape index (κ3) is 2.29. The van der Waals surface area contributed by atoms with Crippen LogP contribution in [0, 0.1) is 0 Å². The maximum atomic E-state index is 6.17. The summed E-state index contributed by atoms with van der Waals surface area (Å²) in [6.07, 6.45) is 0. The fourth-order valence-electron chi connectivity index (χ4n) is 1.51. The summed E-state index contributed by atoms with van der Waals surface area (Å²) in [6, 6.07) is 9.91. The summed E-state index contributed by atoms with van der Waals surface area (Å²) >= 11 is 5.13. The van der Waals surface area contributed by atoms with Crippen molar-refractivity contribution in [1.29, 1.82) is 0 Å². The Morgan fingerprint density at radius 1 is 1.38 bits per heavy atom. The van der Waals surface area contributed by atoms with Crippen molar-refractivity contribution in [2.45, 2.75) is 6.04 Å². The summed E-state index contributed by atoms with van der Waals surface area (Å²) in [7, 11) is 1.65. The SMILES string of the molecule is COc1ccc([C@@H](N)c2cccs2)cc1Br. The molecule has 2 rings (SSSR count). The fraction of sp³-hybridized carbons (Fsp3) is 0.167. The molecule has 0 aliphatic carbocycles. The number of methoxy groups -OCH3 is 1. The zero-order valence-corrected chi connectivity index (χ0v) is 11.2. The van der Waals surface area contributed by atoms with Crippen molar-refractivity contribution in [1.82, 2.24) is 0 Å². The van der Waals surface area contributed by atoms with Crippen LogP contribution in [-0.4, -0.2) is 7.11 Å². The lowest BCUT2D eigenvalue weighted by atomic mass is 10.1. The van der Waals surface area contributed by atoms with Crippen molar-refractivity contribution in [2.24, 2.45) is 5.73 Å². The molecule has 2 aromatic rings. The molecule has 1 atom stereocenters. The Balaban J connectivity index is 2.31. The molecule has 0 amide bonds. The predicted molar refractivity (Wildman–Crippen MR) is 71.0 cm³/mol. The van der Waals surface area contributed by atoms with E-state index in [2.05, 4.69) is 15.9 Å². The molecule has 0 bridgehead atoms. The molecule has 0 aliphatic rings. The molecule has 0 unspecified atom stereocenters. The van der Waals surface area contributed by atoms with Gasteiger partial charge in [0, 0.05) is 4.88 Å². The number of benzene rings is 1. The van der Waals surface area contributed by atoms with Gasteiger partial charge in [-0.3, -0.25) is 0 Å². The Morgan fingerprint density at radius 2 is 2.19 bits per heavy atom. The quantitative estimate of drug-likeness (QED) is 0.940. The van der Waals surface area contributed by atoms with Crippen molar-refractivity contribution in [3.63, 3.8) is 0 Å². The Bertz CT molecular complexity index is 470. The van der Waals surface area contributed by atoms with Gasteiger partial charge in [0.1, 0.15) is 5.75 Å². The predicted octanol–water partition coefficient (Wildman–Crippen LogP) is 3.57. The molecule has 1 aromatic heterocycles. The van der Waals surface area contributed by atoms with Gasteiger partial charge >= 0.3 is 0 Å². The molecule has 0 radical (unpaired) electrons. The van der Waals surface area contributed by atoms with Crippen LogP contribution in [0.5, 0.6) is 5.75 Å². The lowest BCUT2D eigenvalue weighted by Gasteiger charge is -2.12. The van der Waals surface area contributed by atoms with Crippen LogP contribution < -0.4 is 10.5 Å². The van der Waals surface area contributed by atoms with Gasteiger partial charge < -0.3 is 10.5 Å². The minimum absolute atomic E-state index is 0.0674. The summed E-state index contributed by atoms with van der Waals surface area (Å²) in [4.78, 5) is 1.16. The molecule has 0 fully saturated rings. The van der Waals surface area contributed by atoms with Gasteiger partial charge in [-0.1, -0.05) is 12.1 Å². The second-order valence-electron chi connectivity index (χ2n) is 3.39. The van der Waals surface area contributed by atoms with Crippen LogP contribution >= 0.6 is 27.3 Å². The van der Waals surface area contributed by atoms with E-state index in [1.54, 1.807) is 18.4 Å². The third-order valence-corrected chi connectivity index (χ3v) is 3.96. The Labute approximate surface area is 107 Å². The van der Waals surface area contributed by atoms with Crippen LogP contribution in [0.25, 0.3) is 0 Å². The van der Waals surface area contributed by atoms with Crippen molar-refractivity contribution in [3.05, 3.63) is 50.6 Å². The summed E-state index contributed by atoms with van der Waals surface area (Å²) in [6.45, 7) is 0. The first-order chi connectivity index (χ1) is 7.72. The Morgan fingerprint density at radius 3 is 2.75 bits per heavy atom. The summed E-state index contributed by atoms with van der Waals surface area (Å²) in [5.74, 6) is 0.821. The molecule has 1 heterocycles. The molecule has 0 saturated heterocycles. The van der Waals surface area contributed by atoms with Crippen LogP contribution in [0.1, 0.15) is 16.5 Å². The Hall–Kier alpha value is -0.840. The van der Waals surface area contributed by atoms with Gasteiger partial charge in [-0.25, -0.2) is 0 Å². The highest BCUT2D eigenvalue weighted by Gasteiger charge is 2.11. The number of hydrogen-bond acceptors (Lipinski definition) is 3. The maximum Gasteiger partial charge on any atom is 0.133 e. The molecule has 2 N–H and O–H groups in total. The number of rotatable bonds is 3. The van der Waals surface area contributed by atoms with Crippen molar-refractivity contribution in [2.75, 3.05) is 7.11 Å². The fourth-order valence-corrected chi connectivity index (χ4v) is 2.82. The number of nitrogens with two attached hydrogens (primary N) is 1. The Kier molecular flexibility index (Phi) is 3.63. The van der Waals surface area contributed by atoms with Gasteiger partial charge in [0.15, 0.2) is 0 Å². The minimum Gasteiger partial charge on any atom is -0.496 e. The summed E-state index contributed by atoms with van der Waals surface area (Å²) in [5, 5.41) is 2.04. The van der Waals surface area contributed by atoms with E-state index >= 15 is 0 Å². The molecule has 4 heteroatoms. The topological polar surface area (TPSA) is 35.2 Å². The van der Waals surface area contributed by atoms with E-state index in [4.69, 9.17) is 10.5 Å². The number of thiophene rings is 1. The highest BCUT2D eigenvalue weighted by Crippen LogP contribution is 2.30. The van der Waals surface area contributed by atoms with E-state index in [0.717, 1.165) is 20.7 Å². The molecular weight excluding hydrogens is 286 g/mol. The van der Waals surface area contributed by atoms with Gasteiger partial charge in [0.05, 0.1) is 17.6 Å². The van der Waals surface area contributed by atoms with Crippen molar-refractivity contribution >= 4 is 27.3 Å². The second-order valence-corrected chi connectivity index (χ2v) is 5.22. The van der Waals surface area contributed by atoms with E-state index in [9.17, 15) is 0 Å². The van der Waals surface area contributed by atoms with E-state index < -0.39 is 0 Å². The molecule has 84 valence electrons. The minimum atomic E-state index is -0.0674. The van der Waals surface area contributed by atoms with Gasteiger partial charge in [-0.15, -0.1) is 11.3 Å². The summed E-state index contributed by atoms with van der Waals surface area (Å²) < 4.78 is 6.12. The van der Waals surface area contributed by atoms with Crippen LogP contribution in [0.4, 0.5) is 0 Å². The lowest BCUT2D eigenvalue weighted by molar-refractivity contribution is 0.412. The van der Waals surface area contributed by atoms with Gasteiger partial charge in [0.25, 0.3) is 0 Å². The third-order valence-electron chi connectivity index (χ3n) is 2.38. The largest absolute Gasteiger partial charge is 0.496 e. The van der Waals surface area contributed by atoms with E-state index in [1.807, 2.05) is 35.7 Å². The molecular formula is C12H12BrNOS. The summed E-state index contributed by atoms with van der Waals surface area (Å²) in [5.41, 5.74) is 7.25. The zero-order chi connectivity index (χ0) is 11.5. The monoisotopic (exact) mass is 297 g/mol. The van der Waals surface area contributed by atoms with Gasteiger partial charge in [-0.2, -0.15) is 0 Å². The highest BCUT2D eigenvalue weighted by atomic mass is 79.9. The smallest absolute Gasteiger partial charge is 0.133 e. The molecule has 1 aromatic carbocycles. The first-order valence-electron chi connectivity index (χ1n) is 4.85. The molecule has 0 saturated carbocycles. The average molecular weight is 298 g/mol. The number of ether oxygens (including phenoxy) is 1. The van der Waals surface area contributed by atoms with Crippen molar-refractivity contribution in [3.8, 4) is 5.75 Å². The first kappa shape index (κ1) is 11.6. The highest BCUT2D eigenvalue weighted by molar-refractivity contribution is 9.10. The normalized spacial score (nSPS) is 12.4. The number of halogens is 1. The van der Waals surface area contributed by atoms with Crippen LogP contribution in [0.2, 0.25) is 0 Å². The van der Waals surface area contributed by atoms with E-state index in [-0.39, 0.29) is 6.04 Å². The molecule has 16 heavy (non-hydrogen) atoms. The van der Waals surface area contributed by atoms with Crippen LogP contribution in [0.3, 0.4) is 0 Å². The second kappa shape index (κ2) is 4.99. The van der Waals surface area contributed by atoms with Crippen molar-refractivity contribution < 1.29 is 4.74 Å². The van der Waals surface area contributed by atoms with E-state index in [1.165, 1.54) is 0 Å². The van der Waals surface area contributed by atoms with Gasteiger partial charge in [0.2, 0.25) is 0 Å². The molecule has 0 spiro atoms. The standard InChI is InChI=1S/C12H12BrNOS/c1-15-10-5-4-8(7-9(10)13)12(14)11-3-2-6-16-11/h2-7,12H,14H2,1H3/t12-/m1/s1. The maximum absolute atomic E-state index is 6.17. The average Bonchev–Trinajstić information content (AvgIpc) is 2.81. The van der Waals surface area contributed by atoms with Crippen LogP contribution in [-0.2, 0) is 0 Å². The number of hydrogen-bond donors (Lipinski definition) is 1. The molecule has 2 nitrogen and oxygen atoms in total. The first-order valence-corrected chi connectivity index (χ1v) is 6.52. The molecule has 0 aliphatic heterocycles. The van der Waals surface area contributed by atoms with Gasteiger partial charge in [-0.05, 0) is 45.1 Å². The van der Waals surface area contributed by atoms with Crippen LogP contribution in [0.15, 0.2) is 40.2 Å².